The van der Waals surface area contributed by atoms with Crippen LogP contribution in [-0.2, 0) is 7.05 Å². The predicted octanol–water partition coefficient (Wildman–Crippen LogP) is 1.50. The monoisotopic (exact) mass is 208 g/mol. The summed E-state index contributed by atoms with van der Waals surface area (Å²) in [5, 5.41) is 4.45. The third kappa shape index (κ3) is 1.92. The second-order valence-electron chi connectivity index (χ2n) is 4.88. The Morgan fingerprint density at radius 2 is 2.20 bits per heavy atom. The van der Waals surface area contributed by atoms with Gasteiger partial charge in [0.05, 0.1) is 11.7 Å². The molecule has 0 saturated heterocycles. The SMILES string of the molecule is Cn1ccc(C(NN)C2(C)CCCC2)n1. The maximum Gasteiger partial charge on any atom is 0.0812 e. The van der Waals surface area contributed by atoms with E-state index in [0.29, 0.717) is 0 Å². The molecule has 1 aliphatic rings. The average Bonchev–Trinajstić information content (AvgIpc) is 2.78. The van der Waals surface area contributed by atoms with Gasteiger partial charge < -0.3 is 0 Å². The summed E-state index contributed by atoms with van der Waals surface area (Å²) in [6.45, 7) is 2.30. The predicted molar refractivity (Wildman–Crippen MR) is 59.8 cm³/mol. The Morgan fingerprint density at radius 3 is 2.67 bits per heavy atom. The fourth-order valence-corrected chi connectivity index (χ4v) is 2.70. The minimum atomic E-state index is 0.182. The minimum absolute atomic E-state index is 0.182. The molecule has 1 heterocycles. The molecule has 4 nitrogen and oxygen atoms in total. The molecule has 0 bridgehead atoms. The van der Waals surface area contributed by atoms with Gasteiger partial charge in [0.1, 0.15) is 0 Å². The molecular formula is C11H20N4. The largest absolute Gasteiger partial charge is 0.275 e. The molecule has 1 aliphatic carbocycles. The van der Waals surface area contributed by atoms with Crippen molar-refractivity contribution in [3.05, 3.63) is 18.0 Å². The van der Waals surface area contributed by atoms with Gasteiger partial charge in [-0.1, -0.05) is 19.8 Å². The molecule has 0 spiro atoms. The molecule has 4 heteroatoms. The molecule has 0 aromatic carbocycles. The van der Waals surface area contributed by atoms with Crippen LogP contribution in [0.25, 0.3) is 0 Å². The van der Waals surface area contributed by atoms with E-state index < -0.39 is 0 Å². The van der Waals surface area contributed by atoms with Gasteiger partial charge in [-0.25, -0.2) is 0 Å². The standard InChI is InChI=1S/C11H20N4/c1-11(6-3-4-7-11)10(13-12)9-5-8-15(2)14-9/h5,8,10,13H,3-4,6-7,12H2,1-2H3. The molecule has 0 amide bonds. The minimum Gasteiger partial charge on any atom is -0.275 e. The first-order valence-electron chi connectivity index (χ1n) is 5.61. The van der Waals surface area contributed by atoms with Crippen LogP contribution in [0.15, 0.2) is 12.3 Å². The van der Waals surface area contributed by atoms with Crippen molar-refractivity contribution in [2.24, 2.45) is 18.3 Å². The summed E-state index contributed by atoms with van der Waals surface area (Å²) in [4.78, 5) is 0. The lowest BCUT2D eigenvalue weighted by molar-refractivity contribution is 0.220. The van der Waals surface area contributed by atoms with E-state index in [9.17, 15) is 0 Å². The fourth-order valence-electron chi connectivity index (χ4n) is 2.70. The number of aryl methyl sites for hydroxylation is 1. The second-order valence-corrected chi connectivity index (χ2v) is 4.88. The third-order valence-electron chi connectivity index (χ3n) is 3.64. The zero-order valence-electron chi connectivity index (χ0n) is 9.53. The van der Waals surface area contributed by atoms with Crippen molar-refractivity contribution < 1.29 is 0 Å². The lowest BCUT2D eigenvalue weighted by Crippen LogP contribution is -2.39. The van der Waals surface area contributed by atoms with Crippen molar-refractivity contribution in [2.75, 3.05) is 0 Å². The van der Waals surface area contributed by atoms with E-state index in [1.54, 1.807) is 0 Å². The van der Waals surface area contributed by atoms with Gasteiger partial charge in [-0.2, -0.15) is 5.10 Å². The van der Waals surface area contributed by atoms with Gasteiger partial charge in [-0.15, -0.1) is 0 Å². The zero-order valence-corrected chi connectivity index (χ0v) is 9.53. The first kappa shape index (κ1) is 10.6. The van der Waals surface area contributed by atoms with Crippen LogP contribution >= 0.6 is 0 Å². The van der Waals surface area contributed by atoms with E-state index in [0.717, 1.165) is 5.69 Å². The smallest absolute Gasteiger partial charge is 0.0812 e. The summed E-state index contributed by atoms with van der Waals surface area (Å²) in [7, 11) is 1.94. The Kier molecular flexibility index (Phi) is 2.80. The second kappa shape index (κ2) is 3.94. The van der Waals surface area contributed by atoms with Gasteiger partial charge in [-0.05, 0) is 24.3 Å². The highest BCUT2D eigenvalue weighted by atomic mass is 15.3. The molecule has 1 saturated carbocycles. The van der Waals surface area contributed by atoms with Crippen molar-refractivity contribution in [2.45, 2.75) is 38.6 Å². The van der Waals surface area contributed by atoms with Gasteiger partial charge in [-0.3, -0.25) is 16.0 Å². The van der Waals surface area contributed by atoms with E-state index in [1.807, 2.05) is 24.0 Å². The quantitative estimate of drug-likeness (QED) is 0.584. The summed E-state index contributed by atoms with van der Waals surface area (Å²) in [6.07, 6.45) is 7.05. The topological polar surface area (TPSA) is 55.9 Å². The molecule has 1 unspecified atom stereocenters. The van der Waals surface area contributed by atoms with Crippen LogP contribution in [0.5, 0.6) is 0 Å². The first-order chi connectivity index (χ1) is 7.15. The molecule has 1 fully saturated rings. The molecule has 2 rings (SSSR count). The Labute approximate surface area is 90.8 Å². The van der Waals surface area contributed by atoms with Crippen LogP contribution in [0.3, 0.4) is 0 Å². The number of hydrogen-bond acceptors (Lipinski definition) is 3. The molecule has 1 aromatic rings. The van der Waals surface area contributed by atoms with Gasteiger partial charge in [0.25, 0.3) is 0 Å². The number of hydrazine groups is 1. The van der Waals surface area contributed by atoms with Gasteiger partial charge in [0, 0.05) is 13.2 Å². The maximum absolute atomic E-state index is 5.68. The van der Waals surface area contributed by atoms with E-state index >= 15 is 0 Å². The zero-order chi connectivity index (χ0) is 10.9. The molecule has 0 radical (unpaired) electrons. The third-order valence-corrected chi connectivity index (χ3v) is 3.64. The van der Waals surface area contributed by atoms with E-state index in [1.165, 1.54) is 25.7 Å². The lowest BCUT2D eigenvalue weighted by Gasteiger charge is -2.32. The van der Waals surface area contributed by atoms with Crippen molar-refractivity contribution in [3.63, 3.8) is 0 Å². The normalized spacial score (nSPS) is 21.8. The van der Waals surface area contributed by atoms with Gasteiger partial charge in [0.15, 0.2) is 0 Å². The number of rotatable bonds is 3. The highest BCUT2D eigenvalue weighted by Crippen LogP contribution is 2.46. The van der Waals surface area contributed by atoms with E-state index in [4.69, 9.17) is 5.84 Å². The maximum atomic E-state index is 5.68. The van der Waals surface area contributed by atoms with E-state index in [-0.39, 0.29) is 11.5 Å². The van der Waals surface area contributed by atoms with Crippen molar-refractivity contribution >= 4 is 0 Å². The Balaban J connectivity index is 2.23. The lowest BCUT2D eigenvalue weighted by atomic mass is 9.79. The molecule has 84 valence electrons. The van der Waals surface area contributed by atoms with E-state index in [2.05, 4.69) is 17.4 Å². The van der Waals surface area contributed by atoms with Crippen LogP contribution in [-0.4, -0.2) is 9.78 Å². The van der Waals surface area contributed by atoms with Crippen molar-refractivity contribution in [1.29, 1.82) is 0 Å². The number of nitrogens with one attached hydrogen (secondary N) is 1. The van der Waals surface area contributed by atoms with Crippen LogP contribution in [0, 0.1) is 5.41 Å². The molecule has 0 aliphatic heterocycles. The van der Waals surface area contributed by atoms with Crippen LogP contribution in [0.1, 0.15) is 44.3 Å². The van der Waals surface area contributed by atoms with Crippen molar-refractivity contribution in [1.82, 2.24) is 15.2 Å². The van der Waals surface area contributed by atoms with Crippen LogP contribution < -0.4 is 11.3 Å². The Morgan fingerprint density at radius 1 is 1.53 bits per heavy atom. The number of nitrogens with zero attached hydrogens (tertiary/aromatic N) is 2. The fraction of sp³-hybridized carbons (Fsp3) is 0.727. The molecule has 1 aromatic heterocycles. The summed E-state index contributed by atoms with van der Waals surface area (Å²) in [5.74, 6) is 5.68. The highest BCUT2D eigenvalue weighted by molar-refractivity contribution is 5.10. The summed E-state index contributed by atoms with van der Waals surface area (Å²) in [6, 6.07) is 2.23. The highest BCUT2D eigenvalue weighted by Gasteiger charge is 2.38. The number of aromatic nitrogens is 2. The molecule has 1 atom stereocenters. The summed E-state index contributed by atoms with van der Waals surface area (Å²) in [5.41, 5.74) is 4.26. The Bertz CT molecular complexity index is 325. The van der Waals surface area contributed by atoms with Crippen molar-refractivity contribution in [3.8, 4) is 0 Å². The van der Waals surface area contributed by atoms with Crippen LogP contribution in [0.4, 0.5) is 0 Å². The molecule has 15 heavy (non-hydrogen) atoms. The summed E-state index contributed by atoms with van der Waals surface area (Å²) >= 11 is 0. The average molecular weight is 208 g/mol. The first-order valence-corrected chi connectivity index (χ1v) is 5.61. The number of nitrogens with two attached hydrogens (primary N) is 1. The van der Waals surface area contributed by atoms with Gasteiger partial charge in [0.2, 0.25) is 0 Å². The van der Waals surface area contributed by atoms with Gasteiger partial charge >= 0.3 is 0 Å². The molecule has 3 N–H and O–H groups in total. The number of hydrogen-bond donors (Lipinski definition) is 2. The Hall–Kier alpha value is -0.870. The summed E-state index contributed by atoms with van der Waals surface area (Å²) < 4.78 is 1.83. The van der Waals surface area contributed by atoms with Crippen LogP contribution in [0.2, 0.25) is 0 Å². The molecular weight excluding hydrogens is 188 g/mol.